The Balaban J connectivity index is 2.25. The molecule has 8 heteroatoms. The minimum Gasteiger partial charge on any atom is -0.354 e. The van der Waals surface area contributed by atoms with Crippen LogP contribution in [-0.4, -0.2) is 23.9 Å². The Morgan fingerprint density at radius 1 is 1.31 bits per heavy atom. The molecule has 0 spiro atoms. The second-order valence-electron chi connectivity index (χ2n) is 7.27. The summed E-state index contributed by atoms with van der Waals surface area (Å²) in [6.45, 7) is 8.77. The SMILES string of the molecule is C=C(Nc1ccc(F)c(CS(=O)(=O)C(C)(C)C(=N)CCC)c1)c1ccc(Cl)cn1. The zero-order valence-electron chi connectivity index (χ0n) is 16.7. The normalized spacial score (nSPS) is 11.9. The van der Waals surface area contributed by atoms with Crippen LogP contribution in [-0.2, 0) is 15.6 Å². The minimum atomic E-state index is -3.80. The first-order chi connectivity index (χ1) is 13.5. The van der Waals surface area contributed by atoms with Crippen LogP contribution >= 0.6 is 11.6 Å². The van der Waals surface area contributed by atoms with Gasteiger partial charge in [-0.2, -0.15) is 0 Å². The van der Waals surface area contributed by atoms with Gasteiger partial charge < -0.3 is 10.7 Å². The average Bonchev–Trinajstić information content (AvgIpc) is 2.64. The van der Waals surface area contributed by atoms with Gasteiger partial charge in [-0.05, 0) is 50.6 Å². The fourth-order valence-corrected chi connectivity index (χ4v) is 4.26. The zero-order valence-corrected chi connectivity index (χ0v) is 18.3. The Labute approximate surface area is 176 Å². The fraction of sp³-hybridized carbons (Fsp3) is 0.333. The summed E-state index contributed by atoms with van der Waals surface area (Å²) in [5.74, 6) is -1.12. The topological polar surface area (TPSA) is 82.9 Å². The maximum absolute atomic E-state index is 14.3. The highest BCUT2D eigenvalue weighted by Gasteiger charge is 2.38. The third-order valence-electron chi connectivity index (χ3n) is 4.73. The van der Waals surface area contributed by atoms with Gasteiger partial charge in [0.1, 0.15) is 10.6 Å². The zero-order chi connectivity index (χ0) is 21.8. The predicted molar refractivity (Wildman–Crippen MR) is 118 cm³/mol. The average molecular weight is 438 g/mol. The van der Waals surface area contributed by atoms with Crippen LogP contribution in [0.2, 0.25) is 5.02 Å². The molecule has 1 aromatic heterocycles. The van der Waals surface area contributed by atoms with E-state index in [2.05, 4.69) is 16.9 Å². The van der Waals surface area contributed by atoms with Gasteiger partial charge in [0.05, 0.1) is 22.2 Å². The number of hydrogen-bond donors (Lipinski definition) is 2. The molecule has 0 radical (unpaired) electrons. The lowest BCUT2D eigenvalue weighted by atomic mass is 10.0. The molecule has 0 aliphatic carbocycles. The number of benzene rings is 1. The van der Waals surface area contributed by atoms with Gasteiger partial charge >= 0.3 is 0 Å². The van der Waals surface area contributed by atoms with Crippen molar-refractivity contribution < 1.29 is 12.8 Å². The van der Waals surface area contributed by atoms with E-state index in [9.17, 15) is 12.8 Å². The van der Waals surface area contributed by atoms with E-state index in [1.54, 1.807) is 12.1 Å². The lowest BCUT2D eigenvalue weighted by molar-refractivity contribution is 0.569. The molecule has 0 saturated carbocycles. The van der Waals surface area contributed by atoms with Crippen molar-refractivity contribution in [2.75, 3.05) is 5.32 Å². The number of nitrogens with one attached hydrogen (secondary N) is 2. The minimum absolute atomic E-state index is 0.0317. The lowest BCUT2D eigenvalue weighted by Crippen LogP contribution is -2.41. The standard InChI is InChI=1S/C21H25ClFN3O2S/c1-5-6-20(24)21(3,4)29(27,28)13-15-11-17(8-9-18(15)23)26-14(2)19-10-7-16(22)12-25-19/h7-12,24,26H,2,5-6,13H2,1,3-4H3. The lowest BCUT2D eigenvalue weighted by Gasteiger charge is -2.26. The third kappa shape index (κ3) is 5.42. The first-order valence-corrected chi connectivity index (χ1v) is 11.2. The molecule has 29 heavy (non-hydrogen) atoms. The molecule has 0 bridgehead atoms. The summed E-state index contributed by atoms with van der Waals surface area (Å²) in [5.41, 5.74) is 1.66. The molecular weight excluding hydrogens is 413 g/mol. The third-order valence-corrected chi connectivity index (χ3v) is 7.44. The molecule has 0 unspecified atom stereocenters. The summed E-state index contributed by atoms with van der Waals surface area (Å²) in [6.07, 6.45) is 2.54. The van der Waals surface area contributed by atoms with E-state index in [1.807, 2.05) is 6.92 Å². The van der Waals surface area contributed by atoms with Crippen LogP contribution in [0.4, 0.5) is 10.1 Å². The van der Waals surface area contributed by atoms with Crippen LogP contribution in [0, 0.1) is 11.2 Å². The summed E-state index contributed by atoms with van der Waals surface area (Å²) in [5, 5.41) is 11.6. The van der Waals surface area contributed by atoms with Gasteiger partial charge in [-0.15, -0.1) is 0 Å². The second-order valence-corrected chi connectivity index (χ2v) is 10.2. The van der Waals surface area contributed by atoms with E-state index < -0.39 is 26.2 Å². The van der Waals surface area contributed by atoms with Crippen LogP contribution < -0.4 is 5.32 Å². The van der Waals surface area contributed by atoms with Crippen LogP contribution in [0.5, 0.6) is 0 Å². The van der Waals surface area contributed by atoms with Gasteiger partial charge in [-0.3, -0.25) is 4.98 Å². The van der Waals surface area contributed by atoms with Crippen molar-refractivity contribution in [3.8, 4) is 0 Å². The van der Waals surface area contributed by atoms with Crippen LogP contribution in [0.3, 0.4) is 0 Å². The molecule has 0 aliphatic heterocycles. The van der Waals surface area contributed by atoms with Crippen molar-refractivity contribution in [2.24, 2.45) is 0 Å². The number of sulfone groups is 1. The molecule has 0 fully saturated rings. The summed E-state index contributed by atoms with van der Waals surface area (Å²) in [6, 6.07) is 7.51. The highest BCUT2D eigenvalue weighted by molar-refractivity contribution is 7.92. The van der Waals surface area contributed by atoms with Crippen LogP contribution in [0.1, 0.15) is 44.9 Å². The molecule has 2 N–H and O–H groups in total. The molecule has 1 aromatic carbocycles. The van der Waals surface area contributed by atoms with E-state index in [0.717, 1.165) is 0 Å². The Hall–Kier alpha value is -2.25. The van der Waals surface area contributed by atoms with E-state index in [0.29, 0.717) is 34.9 Å². The second kappa shape index (κ2) is 9.05. The smallest absolute Gasteiger partial charge is 0.165 e. The molecule has 2 aromatic rings. The number of hydrogen-bond acceptors (Lipinski definition) is 5. The predicted octanol–water partition coefficient (Wildman–Crippen LogP) is 5.47. The van der Waals surface area contributed by atoms with E-state index in [4.69, 9.17) is 17.0 Å². The van der Waals surface area contributed by atoms with Crippen molar-refractivity contribution >= 4 is 38.5 Å². The number of anilines is 1. The maximum atomic E-state index is 14.3. The molecule has 156 valence electrons. The van der Waals surface area contributed by atoms with Gasteiger partial charge in [-0.1, -0.05) is 31.5 Å². The van der Waals surface area contributed by atoms with Gasteiger partial charge in [0.15, 0.2) is 9.84 Å². The first-order valence-electron chi connectivity index (χ1n) is 9.14. The molecule has 0 saturated heterocycles. The Bertz CT molecular complexity index is 1020. The summed E-state index contributed by atoms with van der Waals surface area (Å²) in [7, 11) is -3.80. The number of pyridine rings is 1. The van der Waals surface area contributed by atoms with E-state index in [-0.39, 0.29) is 11.3 Å². The fourth-order valence-electron chi connectivity index (χ4n) is 2.68. The highest BCUT2D eigenvalue weighted by atomic mass is 35.5. The quantitative estimate of drug-likeness (QED) is 0.509. The van der Waals surface area contributed by atoms with E-state index in [1.165, 1.54) is 38.2 Å². The Kier molecular flexibility index (Phi) is 7.19. The Morgan fingerprint density at radius 3 is 2.59 bits per heavy atom. The number of aromatic nitrogens is 1. The molecule has 5 nitrogen and oxygen atoms in total. The number of halogens is 2. The molecule has 0 atom stereocenters. The summed E-state index contributed by atoms with van der Waals surface area (Å²) < 4.78 is 38.8. The van der Waals surface area contributed by atoms with Crippen molar-refractivity contribution in [1.29, 1.82) is 5.41 Å². The number of rotatable bonds is 9. The van der Waals surface area contributed by atoms with Gasteiger partial charge in [0.25, 0.3) is 0 Å². The largest absolute Gasteiger partial charge is 0.354 e. The Morgan fingerprint density at radius 2 is 2.00 bits per heavy atom. The number of nitrogens with zero attached hydrogens (tertiary/aromatic N) is 1. The van der Waals surface area contributed by atoms with Crippen molar-refractivity contribution in [3.63, 3.8) is 0 Å². The van der Waals surface area contributed by atoms with Crippen molar-refractivity contribution in [1.82, 2.24) is 4.98 Å². The molecule has 0 aliphatic rings. The summed E-state index contributed by atoms with van der Waals surface area (Å²) >= 11 is 5.83. The highest BCUT2D eigenvalue weighted by Crippen LogP contribution is 2.27. The summed E-state index contributed by atoms with van der Waals surface area (Å²) in [4.78, 5) is 4.16. The molecule has 2 rings (SSSR count). The first kappa shape index (κ1) is 23.0. The van der Waals surface area contributed by atoms with E-state index >= 15 is 0 Å². The van der Waals surface area contributed by atoms with Crippen LogP contribution in [0.15, 0.2) is 43.1 Å². The van der Waals surface area contributed by atoms with Gasteiger partial charge in [0.2, 0.25) is 0 Å². The van der Waals surface area contributed by atoms with Gasteiger partial charge in [0, 0.05) is 23.2 Å². The molecule has 1 heterocycles. The maximum Gasteiger partial charge on any atom is 0.165 e. The van der Waals surface area contributed by atoms with Gasteiger partial charge in [-0.25, -0.2) is 12.8 Å². The molecule has 0 amide bonds. The van der Waals surface area contributed by atoms with Crippen LogP contribution in [0.25, 0.3) is 5.70 Å². The monoisotopic (exact) mass is 437 g/mol. The van der Waals surface area contributed by atoms with Crippen molar-refractivity contribution in [2.45, 2.75) is 44.1 Å². The van der Waals surface area contributed by atoms with Crippen molar-refractivity contribution in [3.05, 3.63) is 65.2 Å². The molecular formula is C21H25ClFN3O2S.